The van der Waals surface area contributed by atoms with Crippen molar-refractivity contribution >= 4 is 11.6 Å². The zero-order chi connectivity index (χ0) is 13.0. The summed E-state index contributed by atoms with van der Waals surface area (Å²) in [4.78, 5) is 2.00. The quantitative estimate of drug-likeness (QED) is 0.824. The Hall–Kier alpha value is -0.620. The van der Waals surface area contributed by atoms with Crippen LogP contribution >= 0.6 is 11.6 Å². The largest absolute Gasteiger partial charge is 0.389 e. The van der Waals surface area contributed by atoms with Gasteiger partial charge in [-0.15, -0.1) is 0 Å². The minimum Gasteiger partial charge on any atom is -0.389 e. The molecule has 6 heteroatoms. The lowest BCUT2D eigenvalue weighted by Crippen LogP contribution is -2.31. The van der Waals surface area contributed by atoms with Gasteiger partial charge in [-0.05, 0) is 14.0 Å². The van der Waals surface area contributed by atoms with Gasteiger partial charge in [0, 0.05) is 32.8 Å². The number of aromatic nitrogens is 2. The number of halogens is 1. The van der Waals surface area contributed by atoms with Crippen LogP contribution in [0.5, 0.6) is 0 Å². The number of aliphatic hydroxyl groups is 1. The van der Waals surface area contributed by atoms with Gasteiger partial charge in [0.1, 0.15) is 5.15 Å². The van der Waals surface area contributed by atoms with Gasteiger partial charge < -0.3 is 9.84 Å². The first-order valence-electron chi connectivity index (χ1n) is 5.49. The summed E-state index contributed by atoms with van der Waals surface area (Å²) in [6.45, 7) is 3.47. The monoisotopic (exact) mass is 261 g/mol. The van der Waals surface area contributed by atoms with Gasteiger partial charge in [-0.25, -0.2) is 0 Å². The van der Waals surface area contributed by atoms with Gasteiger partial charge in [-0.2, -0.15) is 5.10 Å². The van der Waals surface area contributed by atoms with Crippen molar-refractivity contribution in [1.29, 1.82) is 0 Å². The summed E-state index contributed by atoms with van der Waals surface area (Å²) in [6.07, 6.45) is -0.485. The van der Waals surface area contributed by atoms with Crippen LogP contribution in [0.2, 0.25) is 5.15 Å². The molecule has 0 amide bonds. The van der Waals surface area contributed by atoms with Crippen LogP contribution < -0.4 is 0 Å². The van der Waals surface area contributed by atoms with Crippen molar-refractivity contribution in [2.45, 2.75) is 19.6 Å². The number of rotatable bonds is 6. The number of hydrogen-bond acceptors (Lipinski definition) is 4. The Bertz CT molecular complexity index is 368. The minimum atomic E-state index is -0.485. The van der Waals surface area contributed by atoms with Crippen molar-refractivity contribution in [3.05, 3.63) is 16.4 Å². The number of ether oxygens (including phenoxy) is 1. The fraction of sp³-hybridized carbons (Fsp3) is 0.727. The van der Waals surface area contributed by atoms with E-state index in [-0.39, 0.29) is 0 Å². The zero-order valence-electron chi connectivity index (χ0n) is 10.8. The first-order valence-corrected chi connectivity index (χ1v) is 5.87. The molecule has 0 bridgehead atoms. The predicted octanol–water partition coefficient (Wildman–Crippen LogP) is 0.821. The van der Waals surface area contributed by atoms with Crippen molar-refractivity contribution < 1.29 is 9.84 Å². The molecule has 0 aromatic carbocycles. The minimum absolute atomic E-state index is 0.337. The van der Waals surface area contributed by atoms with Crippen LogP contribution in [-0.2, 0) is 18.3 Å². The summed E-state index contributed by atoms with van der Waals surface area (Å²) >= 11 is 6.14. The maximum Gasteiger partial charge on any atom is 0.131 e. The Morgan fingerprint density at radius 2 is 2.24 bits per heavy atom. The van der Waals surface area contributed by atoms with Gasteiger partial charge in [0.15, 0.2) is 0 Å². The molecule has 17 heavy (non-hydrogen) atoms. The normalized spacial score (nSPS) is 13.4. The molecule has 1 N–H and O–H groups in total. The molecule has 0 aliphatic rings. The molecule has 0 aliphatic heterocycles. The van der Waals surface area contributed by atoms with Crippen molar-refractivity contribution in [3.8, 4) is 0 Å². The lowest BCUT2D eigenvalue weighted by Gasteiger charge is -2.20. The molecule has 0 spiro atoms. The number of aryl methyl sites for hydroxylation is 2. The number of aliphatic hydroxyl groups excluding tert-OH is 1. The maximum absolute atomic E-state index is 9.62. The molecule has 1 heterocycles. The van der Waals surface area contributed by atoms with E-state index < -0.39 is 6.10 Å². The van der Waals surface area contributed by atoms with Crippen molar-refractivity contribution in [3.63, 3.8) is 0 Å². The SMILES string of the molecule is COCC(O)CN(C)Cc1c(C)nn(C)c1Cl. The second kappa shape index (κ2) is 6.35. The van der Waals surface area contributed by atoms with Crippen LogP contribution in [-0.4, -0.2) is 53.2 Å². The van der Waals surface area contributed by atoms with Crippen molar-refractivity contribution in [1.82, 2.24) is 14.7 Å². The first-order chi connectivity index (χ1) is 7.95. The third kappa shape index (κ3) is 3.96. The number of likely N-dealkylation sites (N-methyl/N-ethyl adjacent to an activating group) is 1. The maximum atomic E-state index is 9.62. The molecule has 1 aromatic heterocycles. The summed E-state index contributed by atoms with van der Waals surface area (Å²) in [7, 11) is 5.33. The van der Waals surface area contributed by atoms with E-state index in [1.165, 1.54) is 0 Å². The third-order valence-corrected chi connectivity index (χ3v) is 3.05. The number of hydrogen-bond donors (Lipinski definition) is 1. The van der Waals surface area contributed by atoms with Crippen LogP contribution in [0, 0.1) is 6.92 Å². The lowest BCUT2D eigenvalue weighted by atomic mass is 10.2. The van der Waals surface area contributed by atoms with Crippen LogP contribution in [0.15, 0.2) is 0 Å². The predicted molar refractivity (Wildman–Crippen MR) is 67.2 cm³/mol. The van der Waals surface area contributed by atoms with Gasteiger partial charge in [-0.1, -0.05) is 11.6 Å². The summed E-state index contributed by atoms with van der Waals surface area (Å²) in [5.41, 5.74) is 1.92. The van der Waals surface area contributed by atoms with E-state index in [2.05, 4.69) is 5.10 Å². The van der Waals surface area contributed by atoms with Gasteiger partial charge in [0.2, 0.25) is 0 Å². The Labute approximate surface area is 107 Å². The van der Waals surface area contributed by atoms with E-state index in [9.17, 15) is 5.11 Å². The van der Waals surface area contributed by atoms with Gasteiger partial charge in [-0.3, -0.25) is 9.58 Å². The van der Waals surface area contributed by atoms with E-state index in [0.717, 1.165) is 11.3 Å². The molecule has 1 atom stereocenters. The van der Waals surface area contributed by atoms with Gasteiger partial charge >= 0.3 is 0 Å². The smallest absolute Gasteiger partial charge is 0.131 e. The van der Waals surface area contributed by atoms with Crippen molar-refractivity contribution in [2.75, 3.05) is 27.3 Å². The summed E-state index contributed by atoms with van der Waals surface area (Å²) < 4.78 is 6.55. The zero-order valence-corrected chi connectivity index (χ0v) is 11.5. The first kappa shape index (κ1) is 14.4. The molecule has 1 aromatic rings. The van der Waals surface area contributed by atoms with E-state index in [0.29, 0.717) is 24.8 Å². The van der Waals surface area contributed by atoms with Crippen molar-refractivity contribution in [2.24, 2.45) is 7.05 Å². The average Bonchev–Trinajstić information content (AvgIpc) is 2.45. The molecule has 0 saturated carbocycles. The van der Waals surface area contributed by atoms with Crippen LogP contribution in [0.25, 0.3) is 0 Å². The molecule has 98 valence electrons. The highest BCUT2D eigenvalue weighted by Gasteiger charge is 2.15. The summed E-state index contributed by atoms with van der Waals surface area (Å²) in [5.74, 6) is 0. The Morgan fingerprint density at radius 1 is 1.59 bits per heavy atom. The van der Waals surface area contributed by atoms with E-state index in [1.54, 1.807) is 11.8 Å². The molecule has 1 rings (SSSR count). The van der Waals surface area contributed by atoms with E-state index in [4.69, 9.17) is 16.3 Å². The van der Waals surface area contributed by atoms with Gasteiger partial charge in [0.25, 0.3) is 0 Å². The lowest BCUT2D eigenvalue weighted by molar-refractivity contribution is 0.0418. The van der Waals surface area contributed by atoms with Crippen LogP contribution in [0.4, 0.5) is 0 Å². The van der Waals surface area contributed by atoms with Crippen LogP contribution in [0.3, 0.4) is 0 Å². The molecule has 0 fully saturated rings. The highest BCUT2D eigenvalue weighted by Crippen LogP contribution is 2.19. The summed E-state index contributed by atoms with van der Waals surface area (Å²) in [5, 5.41) is 14.5. The second-order valence-electron chi connectivity index (χ2n) is 4.28. The fourth-order valence-corrected chi connectivity index (χ4v) is 2.03. The second-order valence-corrected chi connectivity index (χ2v) is 4.64. The molecule has 0 aliphatic carbocycles. The standard InChI is InChI=1S/C11H20ClN3O2/c1-8-10(11(12)15(3)13-8)6-14(2)5-9(16)7-17-4/h9,16H,5-7H2,1-4H3. The molecular weight excluding hydrogens is 242 g/mol. The highest BCUT2D eigenvalue weighted by molar-refractivity contribution is 6.30. The molecular formula is C11H20ClN3O2. The van der Waals surface area contributed by atoms with E-state index >= 15 is 0 Å². The number of nitrogens with zero attached hydrogens (tertiary/aromatic N) is 3. The summed E-state index contributed by atoms with van der Waals surface area (Å²) in [6, 6.07) is 0. The third-order valence-electron chi connectivity index (χ3n) is 2.58. The molecule has 0 saturated heterocycles. The Balaban J connectivity index is 2.58. The van der Waals surface area contributed by atoms with Gasteiger partial charge in [0.05, 0.1) is 18.4 Å². The molecule has 0 radical (unpaired) electrons. The number of methoxy groups -OCH3 is 1. The van der Waals surface area contributed by atoms with Crippen LogP contribution in [0.1, 0.15) is 11.3 Å². The average molecular weight is 262 g/mol. The molecule has 5 nitrogen and oxygen atoms in total. The van der Waals surface area contributed by atoms with E-state index in [1.807, 2.05) is 25.9 Å². The molecule has 1 unspecified atom stereocenters. The topological polar surface area (TPSA) is 50.5 Å². The Kier molecular flexibility index (Phi) is 5.39. The highest BCUT2D eigenvalue weighted by atomic mass is 35.5. The Morgan fingerprint density at radius 3 is 2.71 bits per heavy atom. The fourth-order valence-electron chi connectivity index (χ4n) is 1.79.